The molecule has 0 N–H and O–H groups in total. The zero-order chi connectivity index (χ0) is 21.0. The highest BCUT2D eigenvalue weighted by molar-refractivity contribution is 5.79. The number of carbonyl (C=O) groups is 2. The van der Waals surface area contributed by atoms with Crippen LogP contribution in [0.5, 0.6) is 0 Å². The average molecular weight is 416 g/mol. The van der Waals surface area contributed by atoms with Gasteiger partial charge in [0, 0.05) is 45.5 Å². The molecule has 2 saturated heterocycles. The van der Waals surface area contributed by atoms with Crippen molar-refractivity contribution in [2.24, 2.45) is 0 Å². The van der Waals surface area contributed by atoms with Gasteiger partial charge in [-0.05, 0) is 12.1 Å². The van der Waals surface area contributed by atoms with E-state index in [1.165, 1.54) is 4.90 Å². The Labute approximate surface area is 165 Å². The summed E-state index contributed by atoms with van der Waals surface area (Å²) < 4.78 is 44.6. The predicted molar refractivity (Wildman–Crippen MR) is 96.1 cm³/mol. The van der Waals surface area contributed by atoms with Crippen LogP contribution in [0.2, 0.25) is 0 Å². The number of amides is 2. The first-order valence-electron chi connectivity index (χ1n) is 9.38. The summed E-state index contributed by atoms with van der Waals surface area (Å²) in [6.45, 7) is 3.71. The van der Waals surface area contributed by atoms with Crippen LogP contribution in [0.15, 0.2) is 23.1 Å². The summed E-state index contributed by atoms with van der Waals surface area (Å²) >= 11 is 0. The molecule has 11 heteroatoms. The summed E-state index contributed by atoms with van der Waals surface area (Å²) in [6, 6.07) is 1.79. The number of aromatic nitrogens is 1. The topological polar surface area (TPSA) is 75.1 Å². The number of hydrogen-bond donors (Lipinski definition) is 0. The maximum atomic E-state index is 12.9. The minimum atomic E-state index is -4.77. The summed E-state index contributed by atoms with van der Waals surface area (Å²) in [5, 5.41) is 0. The fourth-order valence-electron chi connectivity index (χ4n) is 3.38. The molecule has 0 unspecified atom stereocenters. The van der Waals surface area contributed by atoms with Crippen molar-refractivity contribution in [2.75, 3.05) is 59.0 Å². The second-order valence-corrected chi connectivity index (χ2v) is 7.00. The van der Waals surface area contributed by atoms with E-state index < -0.39 is 29.8 Å². The molecule has 8 nitrogen and oxygen atoms in total. The molecular weight excluding hydrogens is 393 g/mol. The van der Waals surface area contributed by atoms with Gasteiger partial charge in [0.2, 0.25) is 11.8 Å². The van der Waals surface area contributed by atoms with Crippen LogP contribution in [0.25, 0.3) is 0 Å². The summed E-state index contributed by atoms with van der Waals surface area (Å²) in [5.41, 5.74) is -2.54. The second-order valence-electron chi connectivity index (χ2n) is 7.00. The SMILES string of the molecule is O=C(CN1CCOCC1)N1CCN(C(=O)Cn2cccc(C(F)(F)F)c2=O)CC1. The number of morpholine rings is 1. The lowest BCUT2D eigenvalue weighted by Gasteiger charge is -2.36. The van der Waals surface area contributed by atoms with Gasteiger partial charge in [0.15, 0.2) is 0 Å². The maximum absolute atomic E-state index is 12.9. The third-order valence-electron chi connectivity index (χ3n) is 5.08. The quantitative estimate of drug-likeness (QED) is 0.684. The van der Waals surface area contributed by atoms with Crippen molar-refractivity contribution in [3.63, 3.8) is 0 Å². The van der Waals surface area contributed by atoms with E-state index in [2.05, 4.69) is 0 Å². The third-order valence-corrected chi connectivity index (χ3v) is 5.08. The Balaban J connectivity index is 1.53. The van der Waals surface area contributed by atoms with Gasteiger partial charge >= 0.3 is 6.18 Å². The number of piperazine rings is 1. The fourth-order valence-corrected chi connectivity index (χ4v) is 3.38. The lowest BCUT2D eigenvalue weighted by Crippen LogP contribution is -2.54. The smallest absolute Gasteiger partial charge is 0.379 e. The Morgan fingerprint density at radius 1 is 0.931 bits per heavy atom. The molecule has 0 saturated carbocycles. The zero-order valence-electron chi connectivity index (χ0n) is 15.9. The van der Waals surface area contributed by atoms with E-state index in [0.717, 1.165) is 16.8 Å². The van der Waals surface area contributed by atoms with Crippen LogP contribution in [0.4, 0.5) is 13.2 Å². The van der Waals surface area contributed by atoms with Crippen molar-refractivity contribution in [1.82, 2.24) is 19.3 Å². The summed E-state index contributed by atoms with van der Waals surface area (Å²) in [5.74, 6) is -0.472. The van der Waals surface area contributed by atoms with Crippen molar-refractivity contribution >= 4 is 11.8 Å². The molecule has 3 heterocycles. The van der Waals surface area contributed by atoms with Crippen molar-refractivity contribution < 1.29 is 27.5 Å². The first kappa shape index (κ1) is 21.3. The van der Waals surface area contributed by atoms with Gasteiger partial charge in [-0.15, -0.1) is 0 Å². The van der Waals surface area contributed by atoms with Crippen molar-refractivity contribution in [2.45, 2.75) is 12.7 Å². The van der Waals surface area contributed by atoms with Crippen LogP contribution in [-0.4, -0.2) is 90.1 Å². The van der Waals surface area contributed by atoms with E-state index in [4.69, 9.17) is 4.74 Å². The third kappa shape index (κ3) is 5.36. The molecule has 0 radical (unpaired) electrons. The van der Waals surface area contributed by atoms with Gasteiger partial charge in [-0.1, -0.05) is 0 Å². The van der Waals surface area contributed by atoms with E-state index in [-0.39, 0.29) is 19.0 Å². The van der Waals surface area contributed by atoms with Gasteiger partial charge < -0.3 is 19.1 Å². The largest absolute Gasteiger partial charge is 0.421 e. The Bertz CT molecular complexity index is 797. The lowest BCUT2D eigenvalue weighted by molar-refractivity contribution is -0.141. The molecule has 160 valence electrons. The van der Waals surface area contributed by atoms with Gasteiger partial charge in [-0.3, -0.25) is 19.3 Å². The summed E-state index contributed by atoms with van der Waals surface area (Å²) in [4.78, 5) is 42.0. The fraction of sp³-hybridized carbons (Fsp3) is 0.611. The number of rotatable bonds is 4. The van der Waals surface area contributed by atoms with Crippen LogP contribution in [0.1, 0.15) is 5.56 Å². The zero-order valence-corrected chi connectivity index (χ0v) is 15.9. The normalized spacial score (nSPS) is 18.7. The first-order valence-corrected chi connectivity index (χ1v) is 9.38. The van der Waals surface area contributed by atoms with Gasteiger partial charge in [0.25, 0.3) is 5.56 Å². The number of nitrogens with zero attached hydrogens (tertiary/aromatic N) is 4. The number of ether oxygens (including phenoxy) is 1. The Morgan fingerprint density at radius 2 is 1.48 bits per heavy atom. The molecule has 2 fully saturated rings. The highest BCUT2D eigenvalue weighted by Gasteiger charge is 2.34. The molecule has 3 rings (SSSR count). The highest BCUT2D eigenvalue weighted by Crippen LogP contribution is 2.26. The van der Waals surface area contributed by atoms with Gasteiger partial charge in [-0.25, -0.2) is 0 Å². The van der Waals surface area contributed by atoms with Crippen LogP contribution in [-0.2, 0) is 27.0 Å². The highest BCUT2D eigenvalue weighted by atomic mass is 19.4. The summed E-state index contributed by atoms with van der Waals surface area (Å²) in [7, 11) is 0. The second kappa shape index (κ2) is 8.95. The van der Waals surface area contributed by atoms with Crippen LogP contribution >= 0.6 is 0 Å². The molecular formula is C18H23F3N4O4. The minimum absolute atomic E-state index is 0.0203. The molecule has 0 aliphatic carbocycles. The van der Waals surface area contributed by atoms with E-state index in [9.17, 15) is 27.6 Å². The van der Waals surface area contributed by atoms with E-state index >= 15 is 0 Å². The monoisotopic (exact) mass is 416 g/mol. The Morgan fingerprint density at radius 3 is 2.03 bits per heavy atom. The maximum Gasteiger partial charge on any atom is 0.421 e. The number of hydrogen-bond acceptors (Lipinski definition) is 5. The minimum Gasteiger partial charge on any atom is -0.379 e. The Hall–Kier alpha value is -2.40. The van der Waals surface area contributed by atoms with Crippen LogP contribution < -0.4 is 5.56 Å². The van der Waals surface area contributed by atoms with E-state index in [1.807, 2.05) is 4.90 Å². The predicted octanol–water partition coefficient (Wildman–Crippen LogP) is -0.130. The van der Waals surface area contributed by atoms with Crippen molar-refractivity contribution in [3.8, 4) is 0 Å². The molecule has 2 aliphatic heterocycles. The average Bonchev–Trinajstić information content (AvgIpc) is 2.69. The number of alkyl halides is 3. The standard InChI is InChI=1S/C18H23F3N4O4/c19-18(20,21)14-2-1-3-25(17(14)28)13-16(27)24-6-4-23(5-7-24)15(26)12-22-8-10-29-11-9-22/h1-3H,4-13H2. The number of pyridine rings is 1. The molecule has 1 aromatic rings. The molecule has 2 aliphatic rings. The molecule has 0 spiro atoms. The molecule has 1 aromatic heterocycles. The molecule has 0 atom stereocenters. The number of halogens is 3. The lowest BCUT2D eigenvalue weighted by atomic mass is 10.2. The Kier molecular flexibility index (Phi) is 6.58. The van der Waals surface area contributed by atoms with Gasteiger partial charge in [-0.2, -0.15) is 13.2 Å². The molecule has 2 amide bonds. The molecule has 0 aromatic carbocycles. The molecule has 0 bridgehead atoms. The van der Waals surface area contributed by atoms with Gasteiger partial charge in [0.05, 0.1) is 19.8 Å². The first-order chi connectivity index (χ1) is 13.8. The summed E-state index contributed by atoms with van der Waals surface area (Å²) in [6.07, 6.45) is -3.60. The molecule has 29 heavy (non-hydrogen) atoms. The van der Waals surface area contributed by atoms with Crippen molar-refractivity contribution in [1.29, 1.82) is 0 Å². The van der Waals surface area contributed by atoms with Crippen LogP contribution in [0, 0.1) is 0 Å². The number of carbonyl (C=O) groups excluding carboxylic acids is 2. The van der Waals surface area contributed by atoms with Gasteiger partial charge in [0.1, 0.15) is 12.1 Å². The van der Waals surface area contributed by atoms with Crippen LogP contribution in [0.3, 0.4) is 0 Å². The van der Waals surface area contributed by atoms with Crippen molar-refractivity contribution in [3.05, 3.63) is 34.2 Å². The van der Waals surface area contributed by atoms with E-state index in [1.54, 1.807) is 4.90 Å². The van der Waals surface area contributed by atoms with E-state index in [0.29, 0.717) is 52.0 Å².